The van der Waals surface area contributed by atoms with Crippen molar-refractivity contribution in [1.82, 2.24) is 9.88 Å². The van der Waals surface area contributed by atoms with Crippen LogP contribution in [0.4, 0.5) is 0 Å². The minimum absolute atomic E-state index is 0.0362. The van der Waals surface area contributed by atoms with Crippen molar-refractivity contribution in [3.05, 3.63) is 95.2 Å². The first-order chi connectivity index (χ1) is 17.2. The summed E-state index contributed by atoms with van der Waals surface area (Å²) in [5.74, 6) is 2.23. The fourth-order valence-electron chi connectivity index (χ4n) is 5.01. The van der Waals surface area contributed by atoms with Gasteiger partial charge in [-0.15, -0.1) is 0 Å². The minimum Gasteiger partial charge on any atom is -0.494 e. The number of para-hydroxylation sites is 1. The summed E-state index contributed by atoms with van der Waals surface area (Å²) in [6.45, 7) is 3.43. The fraction of sp³-hybridized carbons (Fsp3) is 0.207. The number of ether oxygens (including phenoxy) is 3. The molecule has 0 bridgehead atoms. The monoisotopic (exact) mass is 466 g/mol. The van der Waals surface area contributed by atoms with Crippen LogP contribution < -0.4 is 14.2 Å². The summed E-state index contributed by atoms with van der Waals surface area (Å²) in [7, 11) is 0. The van der Waals surface area contributed by atoms with Crippen LogP contribution in [0.5, 0.6) is 17.2 Å². The lowest BCUT2D eigenvalue weighted by Crippen LogP contribution is -2.39. The zero-order valence-electron chi connectivity index (χ0n) is 19.5. The van der Waals surface area contributed by atoms with E-state index in [-0.39, 0.29) is 18.7 Å². The molecule has 0 saturated heterocycles. The number of aromatic nitrogens is 1. The van der Waals surface area contributed by atoms with Crippen molar-refractivity contribution in [3.63, 3.8) is 0 Å². The fourth-order valence-corrected chi connectivity index (χ4v) is 5.01. The Morgan fingerprint density at radius 3 is 2.77 bits per heavy atom. The summed E-state index contributed by atoms with van der Waals surface area (Å²) in [6.07, 6.45) is 4.31. The van der Waals surface area contributed by atoms with Gasteiger partial charge in [-0.25, -0.2) is 0 Å². The van der Waals surface area contributed by atoms with E-state index in [2.05, 4.69) is 23.2 Å². The van der Waals surface area contributed by atoms with Crippen molar-refractivity contribution >= 4 is 22.9 Å². The topological polar surface area (TPSA) is 63.8 Å². The van der Waals surface area contributed by atoms with E-state index in [0.717, 1.165) is 40.3 Å². The Hall–Kier alpha value is -4.19. The molecule has 3 heterocycles. The SMILES string of the molecule is CCOc1ccc(/C=C/C(=O)N2CCc3c([nH]c4ccccc34)C2c2ccc3c(c2)OCO3)cc1. The number of nitrogens with one attached hydrogen (secondary N) is 1. The molecule has 0 aliphatic carbocycles. The van der Waals surface area contributed by atoms with E-state index < -0.39 is 0 Å². The van der Waals surface area contributed by atoms with Gasteiger partial charge in [0, 0.05) is 29.2 Å². The predicted molar refractivity (Wildman–Crippen MR) is 135 cm³/mol. The summed E-state index contributed by atoms with van der Waals surface area (Å²) < 4.78 is 16.7. The predicted octanol–water partition coefficient (Wildman–Crippen LogP) is 5.48. The third kappa shape index (κ3) is 3.91. The number of nitrogens with zero attached hydrogens (tertiary/aromatic N) is 1. The van der Waals surface area contributed by atoms with E-state index in [1.165, 1.54) is 10.9 Å². The molecule has 35 heavy (non-hydrogen) atoms. The van der Waals surface area contributed by atoms with Crippen molar-refractivity contribution in [2.24, 2.45) is 0 Å². The standard InChI is InChI=1S/C29H26N2O4/c1-2-33-21-11-7-19(8-12-21)9-14-27(32)31-16-15-23-22-5-3-4-6-24(22)30-28(23)29(31)20-10-13-25-26(17-20)35-18-34-25/h3-14,17,29-30H,2,15-16,18H2,1H3/b14-9+. The van der Waals surface area contributed by atoms with E-state index in [4.69, 9.17) is 14.2 Å². The third-order valence-corrected chi connectivity index (χ3v) is 6.64. The summed E-state index contributed by atoms with van der Waals surface area (Å²) in [5, 5.41) is 1.21. The number of carbonyl (C=O) groups is 1. The summed E-state index contributed by atoms with van der Waals surface area (Å²) >= 11 is 0. The lowest BCUT2D eigenvalue weighted by molar-refractivity contribution is -0.128. The van der Waals surface area contributed by atoms with Crippen LogP contribution in [-0.4, -0.2) is 35.7 Å². The molecule has 1 amide bonds. The minimum atomic E-state index is -0.252. The molecule has 0 fully saturated rings. The zero-order valence-corrected chi connectivity index (χ0v) is 19.5. The van der Waals surface area contributed by atoms with Gasteiger partial charge in [0.05, 0.1) is 12.6 Å². The van der Waals surface area contributed by atoms with Crippen molar-refractivity contribution < 1.29 is 19.0 Å². The maximum absolute atomic E-state index is 13.5. The highest BCUT2D eigenvalue weighted by molar-refractivity contribution is 5.93. The molecule has 6 rings (SSSR count). The number of H-pyrrole nitrogens is 1. The molecule has 1 atom stereocenters. The van der Waals surface area contributed by atoms with Gasteiger partial charge in [-0.1, -0.05) is 36.4 Å². The van der Waals surface area contributed by atoms with Crippen LogP contribution in [0.1, 0.15) is 35.3 Å². The van der Waals surface area contributed by atoms with Crippen molar-refractivity contribution in [2.75, 3.05) is 19.9 Å². The van der Waals surface area contributed by atoms with E-state index in [0.29, 0.717) is 18.9 Å². The van der Waals surface area contributed by atoms with Crippen LogP contribution >= 0.6 is 0 Å². The van der Waals surface area contributed by atoms with E-state index in [1.807, 2.05) is 66.4 Å². The van der Waals surface area contributed by atoms with Crippen LogP contribution in [0.15, 0.2) is 72.8 Å². The molecule has 6 heteroatoms. The smallest absolute Gasteiger partial charge is 0.247 e. The molecule has 1 unspecified atom stereocenters. The molecule has 2 aliphatic heterocycles. The van der Waals surface area contributed by atoms with Crippen molar-refractivity contribution in [2.45, 2.75) is 19.4 Å². The highest BCUT2D eigenvalue weighted by Gasteiger charge is 2.34. The molecular weight excluding hydrogens is 440 g/mol. The van der Waals surface area contributed by atoms with Gasteiger partial charge < -0.3 is 24.1 Å². The Balaban J connectivity index is 1.36. The maximum atomic E-state index is 13.5. The van der Waals surface area contributed by atoms with E-state index in [1.54, 1.807) is 6.08 Å². The number of carbonyl (C=O) groups excluding carboxylic acids is 1. The Morgan fingerprint density at radius 1 is 1.09 bits per heavy atom. The average Bonchev–Trinajstić information content (AvgIpc) is 3.51. The molecule has 0 radical (unpaired) electrons. The van der Waals surface area contributed by atoms with Crippen LogP contribution in [0.3, 0.4) is 0 Å². The Labute approximate surface area is 203 Å². The Morgan fingerprint density at radius 2 is 1.91 bits per heavy atom. The third-order valence-electron chi connectivity index (χ3n) is 6.64. The molecule has 6 nitrogen and oxygen atoms in total. The average molecular weight is 467 g/mol. The first kappa shape index (κ1) is 21.4. The van der Waals surface area contributed by atoms with Crippen LogP contribution in [0.2, 0.25) is 0 Å². The molecule has 1 aromatic heterocycles. The van der Waals surface area contributed by atoms with Crippen LogP contribution in [0.25, 0.3) is 17.0 Å². The molecule has 0 spiro atoms. The van der Waals surface area contributed by atoms with Gasteiger partial charge in [0.2, 0.25) is 12.7 Å². The number of hydrogen-bond acceptors (Lipinski definition) is 4. The second-order valence-electron chi connectivity index (χ2n) is 8.70. The van der Waals surface area contributed by atoms with E-state index in [9.17, 15) is 4.79 Å². The van der Waals surface area contributed by atoms with Gasteiger partial charge in [-0.3, -0.25) is 4.79 Å². The van der Waals surface area contributed by atoms with Crippen molar-refractivity contribution in [3.8, 4) is 17.2 Å². The highest BCUT2D eigenvalue weighted by atomic mass is 16.7. The molecule has 2 aliphatic rings. The summed E-state index contributed by atoms with van der Waals surface area (Å²) in [4.78, 5) is 19.1. The normalized spacial score (nSPS) is 16.6. The van der Waals surface area contributed by atoms with Gasteiger partial charge >= 0.3 is 0 Å². The zero-order chi connectivity index (χ0) is 23.8. The molecule has 0 saturated carbocycles. The van der Waals surface area contributed by atoms with Crippen LogP contribution in [0, 0.1) is 0 Å². The second-order valence-corrected chi connectivity index (χ2v) is 8.70. The van der Waals surface area contributed by atoms with Gasteiger partial charge in [0.15, 0.2) is 11.5 Å². The maximum Gasteiger partial charge on any atom is 0.247 e. The van der Waals surface area contributed by atoms with E-state index >= 15 is 0 Å². The number of amides is 1. The molecule has 176 valence electrons. The first-order valence-corrected chi connectivity index (χ1v) is 11.9. The number of aromatic amines is 1. The largest absolute Gasteiger partial charge is 0.494 e. The lowest BCUT2D eigenvalue weighted by atomic mass is 9.92. The van der Waals surface area contributed by atoms with Crippen molar-refractivity contribution in [1.29, 1.82) is 0 Å². The van der Waals surface area contributed by atoms with Gasteiger partial charge in [0.1, 0.15) is 5.75 Å². The Bertz CT molecular complexity index is 1420. The molecular formula is C29H26N2O4. The Kier molecular flexibility index (Phi) is 5.41. The molecule has 1 N–H and O–H groups in total. The number of hydrogen-bond donors (Lipinski definition) is 1. The first-order valence-electron chi connectivity index (χ1n) is 11.9. The van der Waals surface area contributed by atoms with Gasteiger partial charge in [-0.05, 0) is 66.4 Å². The molecule has 3 aromatic carbocycles. The number of rotatable bonds is 5. The molecule has 4 aromatic rings. The quantitative estimate of drug-likeness (QED) is 0.396. The number of benzene rings is 3. The van der Waals surface area contributed by atoms with Gasteiger partial charge in [-0.2, -0.15) is 0 Å². The van der Waals surface area contributed by atoms with Crippen LogP contribution in [-0.2, 0) is 11.2 Å². The summed E-state index contributed by atoms with van der Waals surface area (Å²) in [6, 6.07) is 21.7. The van der Waals surface area contributed by atoms with Gasteiger partial charge in [0.25, 0.3) is 0 Å². The summed E-state index contributed by atoms with van der Waals surface area (Å²) in [5.41, 5.74) is 5.35. The lowest BCUT2D eigenvalue weighted by Gasteiger charge is -2.35. The number of fused-ring (bicyclic) bond motifs is 4. The second kappa shape index (κ2) is 8.87. The highest BCUT2D eigenvalue weighted by Crippen LogP contribution is 2.42.